The van der Waals surface area contributed by atoms with Gasteiger partial charge in [0.2, 0.25) is 0 Å². The zero-order chi connectivity index (χ0) is 23.6. The van der Waals surface area contributed by atoms with Gasteiger partial charge in [-0.3, -0.25) is 14.6 Å². The van der Waals surface area contributed by atoms with Crippen molar-refractivity contribution in [1.82, 2.24) is 10.3 Å². The first kappa shape index (κ1) is 23.8. The molecule has 3 rings (SSSR count). The number of aromatic nitrogens is 1. The number of nitrogens with zero attached hydrogens (tertiary/aromatic N) is 1. The van der Waals surface area contributed by atoms with Gasteiger partial charge in [0.15, 0.2) is 5.78 Å². The molecule has 1 aliphatic carbocycles. The van der Waals surface area contributed by atoms with E-state index in [0.717, 1.165) is 5.56 Å². The number of rotatable bonds is 8. The molecule has 0 saturated heterocycles. The Balaban J connectivity index is 1.71. The molecule has 1 atom stereocenters. The summed E-state index contributed by atoms with van der Waals surface area (Å²) < 4.78 is 0. The molecule has 0 fully saturated rings. The molecule has 1 aromatic heterocycles. The van der Waals surface area contributed by atoms with Crippen molar-refractivity contribution in [2.75, 3.05) is 5.32 Å². The molecule has 2 aromatic rings. The van der Waals surface area contributed by atoms with E-state index in [4.69, 9.17) is 23.2 Å². The Morgan fingerprint density at radius 1 is 1.12 bits per heavy atom. The first-order valence-corrected chi connectivity index (χ1v) is 10.8. The number of pyridine rings is 1. The van der Waals surface area contributed by atoms with Crippen LogP contribution in [0.5, 0.6) is 0 Å². The Hall–Kier alpha value is -2.90. The Morgan fingerprint density at radius 3 is 2.25 bits per heavy atom. The molecule has 1 amide bonds. The molecule has 1 aromatic carbocycles. The highest BCUT2D eigenvalue weighted by Crippen LogP contribution is 2.42. The number of anilines is 1. The fourth-order valence-electron chi connectivity index (χ4n) is 3.68. The van der Waals surface area contributed by atoms with Crippen LogP contribution >= 0.6 is 23.2 Å². The second-order valence-electron chi connectivity index (χ2n) is 8.03. The molecule has 1 aliphatic rings. The summed E-state index contributed by atoms with van der Waals surface area (Å²) in [5.41, 5.74) is 2.01. The van der Waals surface area contributed by atoms with Gasteiger partial charge in [0.1, 0.15) is 6.04 Å². The van der Waals surface area contributed by atoms with Gasteiger partial charge in [-0.2, -0.15) is 0 Å². The van der Waals surface area contributed by atoms with Crippen LogP contribution in [0.3, 0.4) is 0 Å². The third-order valence-corrected chi connectivity index (χ3v) is 6.04. The average Bonchev–Trinajstić information content (AvgIpc) is 2.73. The van der Waals surface area contributed by atoms with Crippen molar-refractivity contribution in [3.63, 3.8) is 0 Å². The van der Waals surface area contributed by atoms with Crippen LogP contribution in [0.25, 0.3) is 0 Å². The number of carboxylic acid groups (broad SMARTS) is 1. The van der Waals surface area contributed by atoms with Gasteiger partial charge in [-0.05, 0) is 38.0 Å². The van der Waals surface area contributed by atoms with E-state index >= 15 is 0 Å². The summed E-state index contributed by atoms with van der Waals surface area (Å²) in [4.78, 5) is 40.4. The first-order chi connectivity index (χ1) is 15.1. The number of halogens is 2. The Kier molecular flexibility index (Phi) is 6.91. The summed E-state index contributed by atoms with van der Waals surface area (Å²) in [6, 6.07) is 5.91. The maximum atomic E-state index is 12.5. The van der Waals surface area contributed by atoms with Crippen LogP contribution in [0.2, 0.25) is 10.0 Å². The van der Waals surface area contributed by atoms with Crippen molar-refractivity contribution in [1.29, 1.82) is 0 Å². The molecule has 0 saturated carbocycles. The number of allylic oxidation sites excluding steroid dienone is 2. The van der Waals surface area contributed by atoms with Crippen molar-refractivity contribution in [2.24, 2.45) is 5.41 Å². The van der Waals surface area contributed by atoms with E-state index in [9.17, 15) is 19.5 Å². The van der Waals surface area contributed by atoms with E-state index in [2.05, 4.69) is 15.6 Å². The monoisotopic (exact) mass is 475 g/mol. The molecular weight excluding hydrogens is 453 g/mol. The number of benzene rings is 1. The summed E-state index contributed by atoms with van der Waals surface area (Å²) in [6.45, 7) is 5.45. The molecule has 0 aliphatic heterocycles. The molecule has 9 heteroatoms. The third kappa shape index (κ3) is 4.64. The molecular formula is C23H23Cl2N3O4. The molecule has 0 unspecified atom stereocenters. The third-order valence-electron chi connectivity index (χ3n) is 5.47. The van der Waals surface area contributed by atoms with E-state index in [1.165, 1.54) is 12.4 Å². The summed E-state index contributed by atoms with van der Waals surface area (Å²) in [5.74, 6) is -1.44. The van der Waals surface area contributed by atoms with Gasteiger partial charge >= 0.3 is 5.97 Å². The molecule has 7 nitrogen and oxygen atoms in total. The standard InChI is InChI=1S/C23H23Cl2N3O4/c1-4-14-19(23(2,3)20(14)29)28-17(22(31)32)9-12-5-7-13(8-6-12)27-21(30)18-15(24)10-26-11-16(18)25/h5-8,10-11,17,28H,4,9H2,1-3H3,(H,27,30)(H,31,32)/t17-/m0/s1. The van der Waals surface area contributed by atoms with Gasteiger partial charge in [-0.1, -0.05) is 42.3 Å². The van der Waals surface area contributed by atoms with Crippen molar-refractivity contribution < 1.29 is 19.5 Å². The number of carboxylic acids is 1. The van der Waals surface area contributed by atoms with Crippen molar-refractivity contribution in [2.45, 2.75) is 39.7 Å². The highest BCUT2D eigenvalue weighted by atomic mass is 35.5. The van der Waals surface area contributed by atoms with Gasteiger partial charge in [0.25, 0.3) is 5.91 Å². The molecule has 0 spiro atoms. The van der Waals surface area contributed by atoms with Gasteiger partial charge < -0.3 is 15.7 Å². The molecule has 1 heterocycles. The average molecular weight is 476 g/mol. The smallest absolute Gasteiger partial charge is 0.326 e. The number of nitrogens with one attached hydrogen (secondary N) is 2. The topological polar surface area (TPSA) is 108 Å². The first-order valence-electron chi connectivity index (χ1n) is 10.0. The van der Waals surface area contributed by atoms with Crippen molar-refractivity contribution in [3.8, 4) is 0 Å². The zero-order valence-corrected chi connectivity index (χ0v) is 19.3. The summed E-state index contributed by atoms with van der Waals surface area (Å²) in [7, 11) is 0. The Morgan fingerprint density at radius 2 is 1.72 bits per heavy atom. The predicted molar refractivity (Wildman–Crippen MR) is 123 cm³/mol. The largest absolute Gasteiger partial charge is 0.480 e. The van der Waals surface area contributed by atoms with Gasteiger partial charge in [-0.25, -0.2) is 4.79 Å². The van der Waals surface area contributed by atoms with Gasteiger partial charge in [0, 0.05) is 35.8 Å². The number of hydrogen-bond donors (Lipinski definition) is 3. The van der Waals surface area contributed by atoms with Gasteiger partial charge in [0.05, 0.1) is 21.0 Å². The number of hydrogen-bond acceptors (Lipinski definition) is 5. The van der Waals surface area contributed by atoms with Gasteiger partial charge in [-0.15, -0.1) is 0 Å². The molecule has 168 valence electrons. The fourth-order valence-corrected chi connectivity index (χ4v) is 4.22. The van der Waals surface area contributed by atoms with E-state index in [-0.39, 0.29) is 27.8 Å². The van der Waals surface area contributed by atoms with Crippen molar-refractivity contribution >= 4 is 46.5 Å². The lowest BCUT2D eigenvalue weighted by Crippen LogP contribution is -2.51. The fraction of sp³-hybridized carbons (Fsp3) is 0.304. The normalized spacial score (nSPS) is 15.7. The minimum atomic E-state index is -1.01. The van der Waals surface area contributed by atoms with E-state index in [1.54, 1.807) is 38.1 Å². The lowest BCUT2D eigenvalue weighted by molar-refractivity contribution is -0.139. The maximum Gasteiger partial charge on any atom is 0.326 e. The summed E-state index contributed by atoms with van der Waals surface area (Å²) >= 11 is 12.0. The summed E-state index contributed by atoms with van der Waals surface area (Å²) in [6.07, 6.45) is 3.43. The minimum absolute atomic E-state index is 0.0427. The number of carbonyl (C=O) groups is 3. The van der Waals surface area contributed by atoms with Crippen LogP contribution in [0.1, 0.15) is 43.1 Å². The number of carbonyl (C=O) groups excluding carboxylic acids is 2. The molecule has 0 radical (unpaired) electrons. The lowest BCUT2D eigenvalue weighted by Gasteiger charge is -2.40. The lowest BCUT2D eigenvalue weighted by atomic mass is 9.68. The van der Waals surface area contributed by atoms with Crippen molar-refractivity contribution in [3.05, 3.63) is 69.1 Å². The molecule has 32 heavy (non-hydrogen) atoms. The second-order valence-corrected chi connectivity index (χ2v) is 8.84. The molecule has 3 N–H and O–H groups in total. The van der Waals surface area contributed by atoms with Crippen LogP contribution in [0.4, 0.5) is 5.69 Å². The highest BCUT2D eigenvalue weighted by Gasteiger charge is 2.46. The number of aliphatic carboxylic acids is 1. The van der Waals surface area contributed by atoms with Crippen LogP contribution in [-0.2, 0) is 16.0 Å². The Labute approximate surface area is 195 Å². The second kappa shape index (κ2) is 9.30. The van der Waals surface area contributed by atoms with Crippen LogP contribution < -0.4 is 10.6 Å². The summed E-state index contributed by atoms with van der Waals surface area (Å²) in [5, 5.41) is 15.7. The van der Waals surface area contributed by atoms with E-state index in [0.29, 0.717) is 23.4 Å². The predicted octanol–water partition coefficient (Wildman–Crippen LogP) is 4.50. The molecule has 0 bridgehead atoms. The maximum absolute atomic E-state index is 12.5. The number of amides is 1. The quantitative estimate of drug-likeness (QED) is 0.518. The zero-order valence-electron chi connectivity index (χ0n) is 17.8. The highest BCUT2D eigenvalue weighted by molar-refractivity contribution is 6.40. The van der Waals surface area contributed by atoms with Crippen LogP contribution in [0.15, 0.2) is 47.9 Å². The number of Topliss-reactive ketones (excluding diaryl/α,β-unsaturated/α-hetero) is 1. The van der Waals surface area contributed by atoms with Crippen LogP contribution in [0, 0.1) is 5.41 Å². The van der Waals surface area contributed by atoms with E-state index in [1.807, 2.05) is 6.92 Å². The van der Waals surface area contributed by atoms with Crippen LogP contribution in [-0.4, -0.2) is 33.8 Å². The SMILES string of the molecule is CCC1=C(N[C@@H](Cc2ccc(NC(=O)c3c(Cl)cncc3Cl)cc2)C(=O)O)C(C)(C)C1=O. The number of ketones is 1. The van der Waals surface area contributed by atoms with E-state index < -0.39 is 23.3 Å². The minimum Gasteiger partial charge on any atom is -0.480 e. The Bertz CT molecular complexity index is 1090.